The summed E-state index contributed by atoms with van der Waals surface area (Å²) in [6.45, 7) is 1.05. The molecule has 2 N–H and O–H groups in total. The predicted octanol–water partition coefficient (Wildman–Crippen LogP) is 3.52. The zero-order valence-corrected chi connectivity index (χ0v) is 16.7. The third-order valence-electron chi connectivity index (χ3n) is 4.11. The largest absolute Gasteiger partial charge is 0.482 e. The fraction of sp³-hybridized carbons (Fsp3) is 0.167. The number of urea groups is 1. The summed E-state index contributed by atoms with van der Waals surface area (Å²) in [5.74, 6) is -1.22. The fourth-order valence-corrected chi connectivity index (χ4v) is 3.21. The quantitative estimate of drug-likeness (QED) is 0.548. The number of hydrazine groups is 1. The number of amides is 4. The van der Waals surface area contributed by atoms with Gasteiger partial charge in [0, 0.05) is 6.07 Å². The normalized spacial score (nSPS) is 18.8. The average Bonchev–Trinajstić information content (AvgIpc) is 2.88. The Morgan fingerprint density at radius 2 is 1.75 bits per heavy atom. The second-order valence-corrected chi connectivity index (χ2v) is 7.30. The molecule has 0 radical (unpaired) electrons. The van der Waals surface area contributed by atoms with Gasteiger partial charge in [-0.1, -0.05) is 65.1 Å². The van der Waals surface area contributed by atoms with Crippen LogP contribution < -0.4 is 15.5 Å². The maximum Gasteiger partial charge on any atom is 0.344 e. The Balaban J connectivity index is 1.67. The number of halogens is 3. The van der Waals surface area contributed by atoms with E-state index in [1.54, 1.807) is 37.3 Å². The summed E-state index contributed by atoms with van der Waals surface area (Å²) in [4.78, 5) is 37.1. The van der Waals surface area contributed by atoms with Crippen molar-refractivity contribution >= 4 is 52.6 Å². The molecule has 1 unspecified atom stereocenters. The minimum atomic E-state index is -1.29. The molecule has 0 aromatic heterocycles. The second-order valence-electron chi connectivity index (χ2n) is 6.08. The van der Waals surface area contributed by atoms with Crippen molar-refractivity contribution in [3.63, 3.8) is 0 Å². The van der Waals surface area contributed by atoms with Crippen molar-refractivity contribution in [3.8, 4) is 5.75 Å². The van der Waals surface area contributed by atoms with Crippen LogP contribution in [0.3, 0.4) is 0 Å². The van der Waals surface area contributed by atoms with Gasteiger partial charge >= 0.3 is 6.03 Å². The molecule has 0 saturated carbocycles. The lowest BCUT2D eigenvalue weighted by Crippen LogP contribution is -2.49. The molecule has 1 aliphatic heterocycles. The molecule has 0 aliphatic carbocycles. The molecule has 1 atom stereocenters. The number of carbonyl (C=O) groups excluding carboxylic acids is 3. The molecule has 2 aromatic carbocycles. The highest BCUT2D eigenvalue weighted by Gasteiger charge is 2.49. The molecule has 0 bridgehead atoms. The van der Waals surface area contributed by atoms with Crippen molar-refractivity contribution in [2.24, 2.45) is 0 Å². The molecular weight excluding hydrogens is 429 g/mol. The topological polar surface area (TPSA) is 87.7 Å². The van der Waals surface area contributed by atoms with Crippen LogP contribution in [0.4, 0.5) is 4.79 Å². The third-order valence-corrected chi connectivity index (χ3v) is 5.13. The monoisotopic (exact) mass is 441 g/mol. The third kappa shape index (κ3) is 3.87. The summed E-state index contributed by atoms with van der Waals surface area (Å²) in [6.07, 6.45) is 0. The molecule has 3 rings (SSSR count). The number of nitrogens with zero attached hydrogens (tertiary/aromatic N) is 1. The first-order valence-corrected chi connectivity index (χ1v) is 9.15. The van der Waals surface area contributed by atoms with Crippen LogP contribution in [-0.2, 0) is 15.1 Å². The van der Waals surface area contributed by atoms with Crippen molar-refractivity contribution in [1.82, 2.24) is 15.8 Å². The van der Waals surface area contributed by atoms with E-state index in [2.05, 4.69) is 10.7 Å². The molecule has 28 heavy (non-hydrogen) atoms. The van der Waals surface area contributed by atoms with E-state index in [-0.39, 0.29) is 20.8 Å². The van der Waals surface area contributed by atoms with Gasteiger partial charge in [0.25, 0.3) is 11.8 Å². The first-order valence-electron chi connectivity index (χ1n) is 8.01. The Morgan fingerprint density at radius 1 is 1.11 bits per heavy atom. The Bertz CT molecular complexity index is 955. The Hall–Kier alpha value is -2.48. The molecule has 1 fully saturated rings. The summed E-state index contributed by atoms with van der Waals surface area (Å²) in [5, 5.41) is 3.80. The average molecular weight is 443 g/mol. The summed E-state index contributed by atoms with van der Waals surface area (Å²) < 4.78 is 5.30. The number of carbonyl (C=O) groups is 3. The Kier molecular flexibility index (Phi) is 5.69. The van der Waals surface area contributed by atoms with Gasteiger partial charge < -0.3 is 10.1 Å². The zero-order valence-electron chi connectivity index (χ0n) is 14.5. The molecule has 7 nitrogen and oxygen atoms in total. The standard InChI is InChI=1S/C18H14Cl3N3O4/c1-18(10-5-3-2-4-6-10)16(26)24(17(27)22-18)23-15(25)9-28-14-8-12(20)11(19)7-13(14)21/h2-8H,9H2,1H3,(H,22,27)(H,23,25). The van der Waals surface area contributed by atoms with Gasteiger partial charge in [-0.05, 0) is 18.6 Å². The van der Waals surface area contributed by atoms with Gasteiger partial charge in [-0.15, -0.1) is 0 Å². The molecule has 1 aliphatic rings. The van der Waals surface area contributed by atoms with Crippen LogP contribution in [-0.4, -0.2) is 29.5 Å². The van der Waals surface area contributed by atoms with Gasteiger partial charge in [-0.3, -0.25) is 15.0 Å². The van der Waals surface area contributed by atoms with Gasteiger partial charge in [-0.2, -0.15) is 5.01 Å². The van der Waals surface area contributed by atoms with Crippen molar-refractivity contribution in [1.29, 1.82) is 0 Å². The fourth-order valence-electron chi connectivity index (χ4n) is 2.62. The van der Waals surface area contributed by atoms with Crippen LogP contribution >= 0.6 is 34.8 Å². The van der Waals surface area contributed by atoms with Gasteiger partial charge in [0.05, 0.1) is 15.1 Å². The van der Waals surface area contributed by atoms with Crippen LogP contribution in [0, 0.1) is 0 Å². The second kappa shape index (κ2) is 7.87. The van der Waals surface area contributed by atoms with E-state index in [1.165, 1.54) is 12.1 Å². The van der Waals surface area contributed by atoms with Crippen LogP contribution in [0.1, 0.15) is 12.5 Å². The van der Waals surface area contributed by atoms with E-state index < -0.39 is 30.0 Å². The number of hydrogen-bond donors (Lipinski definition) is 2. The predicted molar refractivity (Wildman–Crippen MR) is 104 cm³/mol. The van der Waals surface area contributed by atoms with Gasteiger partial charge in [0.2, 0.25) is 0 Å². The number of rotatable bonds is 5. The van der Waals surface area contributed by atoms with E-state index in [0.717, 1.165) is 0 Å². The lowest BCUT2D eigenvalue weighted by molar-refractivity contribution is -0.139. The maximum atomic E-state index is 12.7. The van der Waals surface area contributed by atoms with E-state index in [0.29, 0.717) is 10.6 Å². The van der Waals surface area contributed by atoms with Crippen LogP contribution in [0.2, 0.25) is 15.1 Å². The summed E-state index contributed by atoms with van der Waals surface area (Å²) >= 11 is 17.7. The number of ether oxygens (including phenoxy) is 1. The summed E-state index contributed by atoms with van der Waals surface area (Å²) in [6, 6.07) is 10.7. The molecule has 146 valence electrons. The van der Waals surface area contributed by atoms with E-state index >= 15 is 0 Å². The maximum absolute atomic E-state index is 12.7. The van der Waals surface area contributed by atoms with Gasteiger partial charge in [0.15, 0.2) is 6.61 Å². The van der Waals surface area contributed by atoms with Crippen LogP contribution in [0.5, 0.6) is 5.75 Å². The molecular formula is C18H14Cl3N3O4. The Labute approximate surface area is 175 Å². The Morgan fingerprint density at radius 3 is 2.43 bits per heavy atom. The smallest absolute Gasteiger partial charge is 0.344 e. The lowest BCUT2D eigenvalue weighted by Gasteiger charge is -2.22. The highest BCUT2D eigenvalue weighted by molar-refractivity contribution is 6.43. The number of nitrogens with one attached hydrogen (secondary N) is 2. The molecule has 0 spiro atoms. The number of imide groups is 1. The minimum Gasteiger partial charge on any atom is -0.482 e. The zero-order chi connectivity index (χ0) is 20.5. The number of benzene rings is 2. The highest BCUT2D eigenvalue weighted by Crippen LogP contribution is 2.33. The lowest BCUT2D eigenvalue weighted by atomic mass is 9.92. The number of hydrogen-bond acceptors (Lipinski definition) is 4. The molecule has 1 heterocycles. The van der Waals surface area contributed by atoms with E-state index in [4.69, 9.17) is 39.5 Å². The first kappa shape index (κ1) is 20.3. The SMILES string of the molecule is CC1(c2ccccc2)NC(=O)N(NC(=O)COc2cc(Cl)c(Cl)cc2Cl)C1=O. The molecule has 4 amide bonds. The van der Waals surface area contributed by atoms with Crippen molar-refractivity contribution in [3.05, 3.63) is 63.1 Å². The van der Waals surface area contributed by atoms with Gasteiger partial charge in [0.1, 0.15) is 11.3 Å². The van der Waals surface area contributed by atoms with Crippen LogP contribution in [0.15, 0.2) is 42.5 Å². The van der Waals surface area contributed by atoms with Crippen molar-refractivity contribution in [2.45, 2.75) is 12.5 Å². The molecule has 2 aromatic rings. The van der Waals surface area contributed by atoms with E-state index in [1.807, 2.05) is 0 Å². The van der Waals surface area contributed by atoms with Crippen molar-refractivity contribution in [2.75, 3.05) is 6.61 Å². The van der Waals surface area contributed by atoms with Crippen molar-refractivity contribution < 1.29 is 19.1 Å². The van der Waals surface area contributed by atoms with Gasteiger partial charge in [-0.25, -0.2) is 4.79 Å². The highest BCUT2D eigenvalue weighted by atomic mass is 35.5. The molecule has 10 heteroatoms. The molecule has 1 saturated heterocycles. The summed E-state index contributed by atoms with van der Waals surface area (Å²) in [5.41, 5.74) is 1.52. The van der Waals surface area contributed by atoms with Crippen LogP contribution in [0.25, 0.3) is 0 Å². The first-order chi connectivity index (χ1) is 13.2. The minimum absolute atomic E-state index is 0.137. The van der Waals surface area contributed by atoms with E-state index in [9.17, 15) is 14.4 Å². The summed E-state index contributed by atoms with van der Waals surface area (Å²) in [7, 11) is 0.